The van der Waals surface area contributed by atoms with Gasteiger partial charge in [-0.2, -0.15) is 0 Å². The van der Waals surface area contributed by atoms with E-state index in [0.29, 0.717) is 5.15 Å². The van der Waals surface area contributed by atoms with Crippen LogP contribution in [0.5, 0.6) is 0 Å². The van der Waals surface area contributed by atoms with Crippen LogP contribution >= 0.6 is 23.4 Å². The highest BCUT2D eigenvalue weighted by Crippen LogP contribution is 2.30. The van der Waals surface area contributed by atoms with Gasteiger partial charge < -0.3 is 0 Å². The standard InChI is InChI=1S/C17H15ClN2S/c1-11-7-12(2)9-13(8-11)10-21-17-15-6-4-3-5-14(15)16(18)19-20-17/h3-9H,10H2,1-2H3. The van der Waals surface area contributed by atoms with E-state index in [1.807, 2.05) is 24.3 Å². The fourth-order valence-electron chi connectivity index (χ4n) is 2.46. The van der Waals surface area contributed by atoms with E-state index in [1.165, 1.54) is 16.7 Å². The molecular weight excluding hydrogens is 300 g/mol. The van der Waals surface area contributed by atoms with Crippen LogP contribution in [-0.4, -0.2) is 10.2 Å². The SMILES string of the molecule is Cc1cc(C)cc(CSc2nnc(Cl)c3ccccc23)c1. The Balaban J connectivity index is 1.90. The highest BCUT2D eigenvalue weighted by molar-refractivity contribution is 7.98. The van der Waals surface area contributed by atoms with Gasteiger partial charge in [0.05, 0.1) is 0 Å². The van der Waals surface area contributed by atoms with E-state index >= 15 is 0 Å². The molecule has 3 rings (SSSR count). The normalized spacial score (nSPS) is 11.0. The molecule has 0 saturated heterocycles. The largest absolute Gasteiger partial charge is 0.159 e. The van der Waals surface area contributed by atoms with E-state index in [1.54, 1.807) is 11.8 Å². The first kappa shape index (κ1) is 14.4. The molecule has 2 nitrogen and oxygen atoms in total. The molecule has 0 radical (unpaired) electrons. The van der Waals surface area contributed by atoms with Crippen LogP contribution in [0, 0.1) is 13.8 Å². The summed E-state index contributed by atoms with van der Waals surface area (Å²) in [5.74, 6) is 0.878. The minimum absolute atomic E-state index is 0.460. The van der Waals surface area contributed by atoms with Crippen molar-refractivity contribution in [2.24, 2.45) is 0 Å². The number of fused-ring (bicyclic) bond motifs is 1. The minimum Gasteiger partial charge on any atom is -0.142 e. The van der Waals surface area contributed by atoms with E-state index < -0.39 is 0 Å². The number of nitrogens with zero attached hydrogens (tertiary/aromatic N) is 2. The van der Waals surface area contributed by atoms with Gasteiger partial charge in [-0.05, 0) is 19.4 Å². The van der Waals surface area contributed by atoms with Crippen LogP contribution in [0.4, 0.5) is 0 Å². The zero-order chi connectivity index (χ0) is 14.8. The van der Waals surface area contributed by atoms with E-state index in [2.05, 4.69) is 42.2 Å². The molecule has 0 amide bonds. The summed E-state index contributed by atoms with van der Waals surface area (Å²) in [5, 5.41) is 11.7. The Labute approximate surface area is 133 Å². The molecule has 4 heteroatoms. The molecule has 0 bridgehead atoms. The third kappa shape index (κ3) is 3.20. The van der Waals surface area contributed by atoms with Gasteiger partial charge in [-0.1, -0.05) is 77.0 Å². The number of rotatable bonds is 3. The molecule has 0 fully saturated rings. The lowest BCUT2D eigenvalue weighted by molar-refractivity contribution is 0.956. The Kier molecular flexibility index (Phi) is 4.13. The second-order valence-electron chi connectivity index (χ2n) is 5.13. The first-order chi connectivity index (χ1) is 10.1. The van der Waals surface area contributed by atoms with Gasteiger partial charge in [0.25, 0.3) is 0 Å². The number of hydrogen-bond donors (Lipinski definition) is 0. The molecule has 0 aliphatic heterocycles. The van der Waals surface area contributed by atoms with Gasteiger partial charge in [-0.25, -0.2) is 0 Å². The lowest BCUT2D eigenvalue weighted by atomic mass is 10.1. The summed E-state index contributed by atoms with van der Waals surface area (Å²) < 4.78 is 0. The topological polar surface area (TPSA) is 25.8 Å². The van der Waals surface area contributed by atoms with Gasteiger partial charge >= 0.3 is 0 Å². The lowest BCUT2D eigenvalue weighted by Gasteiger charge is -2.07. The predicted octanol–water partition coefficient (Wildman–Crippen LogP) is 5.19. The van der Waals surface area contributed by atoms with Crippen LogP contribution < -0.4 is 0 Å². The van der Waals surface area contributed by atoms with Gasteiger partial charge in [0.2, 0.25) is 0 Å². The molecule has 0 spiro atoms. The maximum atomic E-state index is 6.10. The van der Waals surface area contributed by atoms with Crippen LogP contribution in [0.3, 0.4) is 0 Å². The van der Waals surface area contributed by atoms with Crippen molar-refractivity contribution in [2.45, 2.75) is 24.6 Å². The zero-order valence-electron chi connectivity index (χ0n) is 11.9. The van der Waals surface area contributed by atoms with E-state index in [9.17, 15) is 0 Å². The Bertz CT molecular complexity index is 782. The first-order valence-electron chi connectivity index (χ1n) is 6.74. The van der Waals surface area contributed by atoms with Crippen LogP contribution in [0.2, 0.25) is 5.15 Å². The fraction of sp³-hybridized carbons (Fsp3) is 0.176. The smallest absolute Gasteiger partial charge is 0.142 e. The summed E-state index contributed by atoms with van der Waals surface area (Å²) in [4.78, 5) is 0. The predicted molar refractivity (Wildman–Crippen MR) is 90.0 cm³/mol. The molecule has 2 aromatic carbocycles. The van der Waals surface area contributed by atoms with Crippen LogP contribution in [0.15, 0.2) is 47.5 Å². The molecule has 0 aliphatic carbocycles. The highest BCUT2D eigenvalue weighted by atomic mass is 35.5. The maximum absolute atomic E-state index is 6.10. The number of hydrogen-bond acceptors (Lipinski definition) is 3. The van der Waals surface area contributed by atoms with Gasteiger partial charge in [0, 0.05) is 16.5 Å². The molecule has 21 heavy (non-hydrogen) atoms. The van der Waals surface area contributed by atoms with Crippen LogP contribution in [-0.2, 0) is 5.75 Å². The zero-order valence-corrected chi connectivity index (χ0v) is 13.5. The van der Waals surface area contributed by atoms with E-state index in [0.717, 1.165) is 21.6 Å². The third-order valence-corrected chi connectivity index (χ3v) is 4.60. The number of benzene rings is 2. The Morgan fingerprint density at radius 2 is 1.62 bits per heavy atom. The van der Waals surface area contributed by atoms with E-state index in [4.69, 9.17) is 11.6 Å². The van der Waals surface area contributed by atoms with Gasteiger partial charge in [0.1, 0.15) is 5.03 Å². The average molecular weight is 315 g/mol. The molecule has 3 aromatic rings. The summed E-state index contributed by atoms with van der Waals surface area (Å²) in [6.07, 6.45) is 0. The maximum Gasteiger partial charge on any atom is 0.159 e. The third-order valence-electron chi connectivity index (χ3n) is 3.27. The molecule has 1 aromatic heterocycles. The van der Waals surface area contributed by atoms with Crippen LogP contribution in [0.1, 0.15) is 16.7 Å². The molecule has 0 unspecified atom stereocenters. The first-order valence-corrected chi connectivity index (χ1v) is 8.11. The van der Waals surface area contributed by atoms with Crippen molar-refractivity contribution >= 4 is 34.1 Å². The number of aryl methyl sites for hydroxylation is 2. The van der Waals surface area contributed by atoms with Crippen molar-refractivity contribution in [3.05, 3.63) is 64.3 Å². The monoisotopic (exact) mass is 314 g/mol. The summed E-state index contributed by atoms with van der Waals surface area (Å²) >= 11 is 7.80. The molecule has 106 valence electrons. The van der Waals surface area contributed by atoms with Crippen molar-refractivity contribution in [1.29, 1.82) is 0 Å². The number of thioether (sulfide) groups is 1. The highest BCUT2D eigenvalue weighted by Gasteiger charge is 2.08. The Hall–Kier alpha value is -1.58. The second kappa shape index (κ2) is 6.04. The van der Waals surface area contributed by atoms with Gasteiger partial charge in [-0.3, -0.25) is 0 Å². The second-order valence-corrected chi connectivity index (χ2v) is 6.45. The molecule has 0 aliphatic rings. The van der Waals surface area contributed by atoms with Crippen molar-refractivity contribution < 1.29 is 0 Å². The molecule has 0 N–H and O–H groups in total. The van der Waals surface area contributed by atoms with Crippen molar-refractivity contribution in [3.8, 4) is 0 Å². The quantitative estimate of drug-likeness (QED) is 0.622. The van der Waals surface area contributed by atoms with Gasteiger partial charge in [-0.15, -0.1) is 10.2 Å². The van der Waals surface area contributed by atoms with Gasteiger partial charge in [0.15, 0.2) is 5.15 Å². The number of halogens is 1. The van der Waals surface area contributed by atoms with Crippen molar-refractivity contribution in [1.82, 2.24) is 10.2 Å². The van der Waals surface area contributed by atoms with Crippen molar-refractivity contribution in [2.75, 3.05) is 0 Å². The summed E-state index contributed by atoms with van der Waals surface area (Å²) in [7, 11) is 0. The fourth-order valence-corrected chi connectivity index (χ4v) is 3.56. The molecule has 1 heterocycles. The Morgan fingerprint density at radius 3 is 2.33 bits per heavy atom. The number of aromatic nitrogens is 2. The average Bonchev–Trinajstić information content (AvgIpc) is 2.46. The van der Waals surface area contributed by atoms with E-state index in [-0.39, 0.29) is 0 Å². The summed E-state index contributed by atoms with van der Waals surface area (Å²) in [6.45, 7) is 4.25. The Morgan fingerprint density at radius 1 is 0.952 bits per heavy atom. The molecule has 0 saturated carbocycles. The summed E-state index contributed by atoms with van der Waals surface area (Å²) in [6, 6.07) is 14.6. The van der Waals surface area contributed by atoms with Crippen LogP contribution in [0.25, 0.3) is 10.8 Å². The summed E-state index contributed by atoms with van der Waals surface area (Å²) in [5.41, 5.74) is 3.88. The molecular formula is C17H15ClN2S. The minimum atomic E-state index is 0.460. The lowest BCUT2D eigenvalue weighted by Crippen LogP contribution is -1.91. The molecule has 0 atom stereocenters. The van der Waals surface area contributed by atoms with Crippen molar-refractivity contribution in [3.63, 3.8) is 0 Å².